The van der Waals surface area contributed by atoms with E-state index in [1.54, 1.807) is 6.07 Å². The highest BCUT2D eigenvalue weighted by Gasteiger charge is 2.07. The Bertz CT molecular complexity index is 399. The molecule has 1 rings (SSSR count). The number of benzene rings is 1. The van der Waals surface area contributed by atoms with Crippen LogP contribution in [0.25, 0.3) is 0 Å². The zero-order chi connectivity index (χ0) is 10.0. The third-order valence-corrected chi connectivity index (χ3v) is 2.10. The van der Waals surface area contributed by atoms with Crippen molar-refractivity contribution in [2.24, 2.45) is 5.73 Å². The third kappa shape index (κ3) is 1.70. The summed E-state index contributed by atoms with van der Waals surface area (Å²) in [7, 11) is 0. The zero-order valence-corrected chi connectivity index (χ0v) is 7.72. The van der Waals surface area contributed by atoms with Gasteiger partial charge in [0.05, 0.1) is 0 Å². The van der Waals surface area contributed by atoms with Gasteiger partial charge in [0.15, 0.2) is 0 Å². The molecule has 0 aliphatic carbocycles. The monoisotopic (exact) mass is 173 g/mol. The molecule has 0 heterocycles. The predicted octanol–water partition coefficient (Wildman–Crippen LogP) is 1.38. The smallest absolute Gasteiger partial charge is 0.249 e. The zero-order valence-electron chi connectivity index (χ0n) is 7.72. The second-order valence-corrected chi connectivity index (χ2v) is 2.97. The Labute approximate surface area is 77.8 Å². The number of hydrogen-bond donors (Lipinski definition) is 1. The molecule has 0 aliphatic heterocycles. The first kappa shape index (κ1) is 9.34. The number of primary amides is 1. The minimum Gasteiger partial charge on any atom is -0.366 e. The van der Waals surface area contributed by atoms with Gasteiger partial charge in [0.25, 0.3) is 0 Å². The third-order valence-electron chi connectivity index (χ3n) is 2.10. The van der Waals surface area contributed by atoms with Gasteiger partial charge in [-0.3, -0.25) is 4.79 Å². The Morgan fingerprint density at radius 1 is 1.46 bits per heavy atom. The van der Waals surface area contributed by atoms with E-state index < -0.39 is 5.91 Å². The molecule has 0 fully saturated rings. The molecule has 2 nitrogen and oxygen atoms in total. The number of aryl methyl sites for hydroxylation is 1. The van der Waals surface area contributed by atoms with Crippen LogP contribution in [-0.2, 0) is 0 Å². The van der Waals surface area contributed by atoms with Crippen molar-refractivity contribution in [3.05, 3.63) is 34.4 Å². The fourth-order valence-electron chi connectivity index (χ4n) is 1.20. The van der Waals surface area contributed by atoms with Gasteiger partial charge in [-0.25, -0.2) is 0 Å². The first-order valence-corrected chi connectivity index (χ1v) is 3.94. The molecule has 0 atom stereocenters. The van der Waals surface area contributed by atoms with E-state index in [0.717, 1.165) is 11.1 Å². The van der Waals surface area contributed by atoms with E-state index in [0.29, 0.717) is 11.1 Å². The number of amides is 1. The Kier molecular flexibility index (Phi) is 2.39. The lowest BCUT2D eigenvalue weighted by Gasteiger charge is -2.05. The number of carbonyl (C=O) groups is 1. The molecule has 2 N–H and O–H groups in total. The second kappa shape index (κ2) is 3.32. The van der Waals surface area contributed by atoms with E-state index in [2.05, 4.69) is 5.92 Å². The Morgan fingerprint density at radius 3 is 2.54 bits per heavy atom. The van der Waals surface area contributed by atoms with Gasteiger partial charge in [-0.05, 0) is 37.1 Å². The van der Waals surface area contributed by atoms with E-state index in [9.17, 15) is 4.79 Å². The molecule has 1 aromatic rings. The van der Waals surface area contributed by atoms with Crippen molar-refractivity contribution >= 4 is 5.91 Å². The van der Waals surface area contributed by atoms with Crippen LogP contribution in [0.1, 0.15) is 27.0 Å². The average molecular weight is 173 g/mol. The number of rotatable bonds is 1. The van der Waals surface area contributed by atoms with Crippen LogP contribution in [0.15, 0.2) is 12.1 Å². The van der Waals surface area contributed by atoms with E-state index in [1.165, 1.54) is 0 Å². The second-order valence-electron chi connectivity index (χ2n) is 2.97. The molecule has 0 aromatic heterocycles. The first-order valence-electron chi connectivity index (χ1n) is 3.94. The van der Waals surface area contributed by atoms with Crippen molar-refractivity contribution in [2.45, 2.75) is 13.8 Å². The van der Waals surface area contributed by atoms with Crippen LogP contribution in [0.4, 0.5) is 0 Å². The summed E-state index contributed by atoms with van der Waals surface area (Å²) in [6, 6.07) is 3.51. The van der Waals surface area contributed by atoms with Crippen LogP contribution in [-0.4, -0.2) is 5.91 Å². The van der Waals surface area contributed by atoms with Gasteiger partial charge in [-0.1, -0.05) is 5.92 Å². The highest BCUT2D eigenvalue weighted by Crippen LogP contribution is 2.15. The summed E-state index contributed by atoms with van der Waals surface area (Å²) in [5.41, 5.74) is 8.28. The van der Waals surface area contributed by atoms with Gasteiger partial charge in [0.2, 0.25) is 5.91 Å². The molecule has 0 unspecified atom stereocenters. The molecular formula is C11H11NO. The number of hydrogen-bond acceptors (Lipinski definition) is 1. The summed E-state index contributed by atoms with van der Waals surface area (Å²) in [5.74, 6) is 2.05. The SMILES string of the molecule is C#Cc1cc(C)c(C)c(C(N)=O)c1. The summed E-state index contributed by atoms with van der Waals surface area (Å²) in [4.78, 5) is 11.0. The summed E-state index contributed by atoms with van der Waals surface area (Å²) in [6.07, 6.45) is 5.24. The Morgan fingerprint density at radius 2 is 2.08 bits per heavy atom. The normalized spacial score (nSPS) is 9.31. The van der Waals surface area contributed by atoms with Crippen molar-refractivity contribution in [1.29, 1.82) is 0 Å². The van der Waals surface area contributed by atoms with Crippen molar-refractivity contribution < 1.29 is 4.79 Å². The van der Waals surface area contributed by atoms with Crippen molar-refractivity contribution in [2.75, 3.05) is 0 Å². The molecule has 0 aliphatic rings. The topological polar surface area (TPSA) is 43.1 Å². The van der Waals surface area contributed by atoms with E-state index in [-0.39, 0.29) is 0 Å². The summed E-state index contributed by atoms with van der Waals surface area (Å²) >= 11 is 0. The molecule has 0 radical (unpaired) electrons. The number of terminal acetylenes is 1. The lowest BCUT2D eigenvalue weighted by Crippen LogP contribution is -2.13. The molecule has 0 spiro atoms. The van der Waals surface area contributed by atoms with Crippen LogP contribution in [0.2, 0.25) is 0 Å². The summed E-state index contributed by atoms with van der Waals surface area (Å²) < 4.78 is 0. The van der Waals surface area contributed by atoms with E-state index >= 15 is 0 Å². The minimum absolute atomic E-state index is 0.433. The van der Waals surface area contributed by atoms with Gasteiger partial charge in [-0.2, -0.15) is 0 Å². The standard InChI is InChI=1S/C11H11NO/c1-4-9-5-7(2)8(3)10(6-9)11(12)13/h1,5-6H,2-3H3,(H2,12,13). The summed E-state index contributed by atoms with van der Waals surface area (Å²) in [5, 5.41) is 0. The molecule has 0 bridgehead atoms. The Hall–Kier alpha value is -1.75. The molecule has 0 saturated carbocycles. The van der Waals surface area contributed by atoms with Gasteiger partial charge >= 0.3 is 0 Å². The van der Waals surface area contributed by atoms with Gasteiger partial charge in [-0.15, -0.1) is 6.42 Å². The van der Waals surface area contributed by atoms with Crippen molar-refractivity contribution in [3.63, 3.8) is 0 Å². The van der Waals surface area contributed by atoms with Crippen molar-refractivity contribution in [1.82, 2.24) is 0 Å². The number of carbonyl (C=O) groups excluding carboxylic acids is 1. The van der Waals surface area contributed by atoms with Crippen LogP contribution in [0, 0.1) is 26.2 Å². The minimum atomic E-state index is -0.433. The molecule has 13 heavy (non-hydrogen) atoms. The maximum atomic E-state index is 11.0. The average Bonchev–Trinajstić information content (AvgIpc) is 2.09. The maximum Gasteiger partial charge on any atom is 0.249 e. The van der Waals surface area contributed by atoms with Crippen LogP contribution >= 0.6 is 0 Å². The van der Waals surface area contributed by atoms with Gasteiger partial charge in [0.1, 0.15) is 0 Å². The number of nitrogens with two attached hydrogens (primary N) is 1. The van der Waals surface area contributed by atoms with Crippen LogP contribution in [0.3, 0.4) is 0 Å². The van der Waals surface area contributed by atoms with Crippen molar-refractivity contribution in [3.8, 4) is 12.3 Å². The molecule has 1 amide bonds. The lowest BCUT2D eigenvalue weighted by molar-refractivity contribution is 0.0999. The molecule has 1 aromatic carbocycles. The first-order chi connectivity index (χ1) is 6.06. The molecule has 2 heteroatoms. The highest BCUT2D eigenvalue weighted by molar-refractivity contribution is 5.95. The highest BCUT2D eigenvalue weighted by atomic mass is 16.1. The van der Waals surface area contributed by atoms with E-state index in [1.807, 2.05) is 19.9 Å². The maximum absolute atomic E-state index is 11.0. The largest absolute Gasteiger partial charge is 0.366 e. The fourth-order valence-corrected chi connectivity index (χ4v) is 1.20. The van der Waals surface area contributed by atoms with Gasteiger partial charge in [0, 0.05) is 11.1 Å². The van der Waals surface area contributed by atoms with Crippen LogP contribution in [0.5, 0.6) is 0 Å². The molecule has 66 valence electrons. The quantitative estimate of drug-likeness (QED) is 0.640. The lowest BCUT2D eigenvalue weighted by atomic mass is 9.99. The van der Waals surface area contributed by atoms with E-state index in [4.69, 9.17) is 12.2 Å². The Balaban J connectivity index is 3.44. The molecule has 0 saturated heterocycles. The molecular weight excluding hydrogens is 162 g/mol. The predicted molar refractivity (Wildman–Crippen MR) is 52.4 cm³/mol. The fraction of sp³-hybridized carbons (Fsp3) is 0.182. The van der Waals surface area contributed by atoms with Crippen LogP contribution < -0.4 is 5.73 Å². The summed E-state index contributed by atoms with van der Waals surface area (Å²) in [6.45, 7) is 3.76. The van der Waals surface area contributed by atoms with Gasteiger partial charge < -0.3 is 5.73 Å².